The van der Waals surface area contributed by atoms with E-state index in [1.807, 2.05) is 0 Å². The van der Waals surface area contributed by atoms with E-state index in [0.29, 0.717) is 11.8 Å². The molecule has 3 atom stereocenters. The summed E-state index contributed by atoms with van der Waals surface area (Å²) in [5.41, 5.74) is 6.29. The Hall–Kier alpha value is -0.940. The lowest BCUT2D eigenvalue weighted by Crippen LogP contribution is -2.45. The van der Waals surface area contributed by atoms with E-state index in [1.54, 1.807) is 7.11 Å². The van der Waals surface area contributed by atoms with E-state index in [4.69, 9.17) is 15.0 Å². The third-order valence-electron chi connectivity index (χ3n) is 5.03. The molecule has 1 aromatic rings. The Morgan fingerprint density at radius 3 is 2.85 bits per heavy atom. The van der Waals surface area contributed by atoms with E-state index in [0.717, 1.165) is 44.0 Å². The second-order valence-corrected chi connectivity index (χ2v) is 6.55. The lowest BCUT2D eigenvalue weighted by molar-refractivity contribution is 0.0806. The van der Waals surface area contributed by atoms with Gasteiger partial charge >= 0.3 is 0 Å². The summed E-state index contributed by atoms with van der Waals surface area (Å²) in [6.07, 6.45) is 3.78. The fourth-order valence-electron chi connectivity index (χ4n) is 3.18. The van der Waals surface area contributed by atoms with Crippen LogP contribution in [0, 0.1) is 11.3 Å². The van der Waals surface area contributed by atoms with Crippen LogP contribution in [0.25, 0.3) is 0 Å². The summed E-state index contributed by atoms with van der Waals surface area (Å²) in [6.45, 7) is 7.48. The number of aromatic nitrogens is 2. The minimum absolute atomic E-state index is 0.0913. The molecule has 0 amide bonds. The molecular weight excluding hydrogens is 254 g/mol. The van der Waals surface area contributed by atoms with Crippen LogP contribution in [-0.4, -0.2) is 29.9 Å². The van der Waals surface area contributed by atoms with Gasteiger partial charge in [0.1, 0.15) is 0 Å². The first-order valence-electron chi connectivity index (χ1n) is 7.53. The average Bonchev–Trinajstić information content (AvgIpc) is 2.85. The Morgan fingerprint density at radius 1 is 1.40 bits per heavy atom. The Labute approximate surface area is 121 Å². The molecule has 1 aliphatic carbocycles. The lowest BCUT2D eigenvalue weighted by atomic mass is 9.61. The fraction of sp³-hybridized carbons (Fsp3) is 0.867. The molecule has 0 radical (unpaired) electrons. The molecule has 1 aliphatic rings. The number of hydrogen-bond donors (Lipinski definition) is 1. The first-order valence-corrected chi connectivity index (χ1v) is 7.53. The summed E-state index contributed by atoms with van der Waals surface area (Å²) >= 11 is 0. The molecule has 114 valence electrons. The van der Waals surface area contributed by atoms with Crippen molar-refractivity contribution in [2.45, 2.75) is 58.4 Å². The van der Waals surface area contributed by atoms with Gasteiger partial charge in [-0.25, -0.2) is 0 Å². The molecule has 3 unspecified atom stereocenters. The molecule has 0 spiro atoms. The van der Waals surface area contributed by atoms with E-state index < -0.39 is 0 Å². The van der Waals surface area contributed by atoms with Gasteiger partial charge in [-0.05, 0) is 30.6 Å². The maximum Gasteiger partial charge on any atom is 0.230 e. The molecule has 1 heterocycles. The maximum absolute atomic E-state index is 6.20. The van der Waals surface area contributed by atoms with Crippen molar-refractivity contribution in [3.63, 3.8) is 0 Å². The fourth-order valence-corrected chi connectivity index (χ4v) is 3.18. The number of nitrogens with two attached hydrogens (primary N) is 1. The summed E-state index contributed by atoms with van der Waals surface area (Å²) in [7, 11) is 1.71. The summed E-state index contributed by atoms with van der Waals surface area (Å²) in [5, 5.41) is 4.10. The first-order chi connectivity index (χ1) is 9.46. The zero-order valence-corrected chi connectivity index (χ0v) is 13.1. The normalized spacial score (nSPS) is 29.6. The third-order valence-corrected chi connectivity index (χ3v) is 5.03. The summed E-state index contributed by atoms with van der Waals surface area (Å²) in [5.74, 6) is 2.32. The highest BCUT2D eigenvalue weighted by Crippen LogP contribution is 2.49. The zero-order valence-electron chi connectivity index (χ0n) is 13.1. The van der Waals surface area contributed by atoms with Gasteiger partial charge in [-0.2, -0.15) is 4.98 Å². The molecule has 2 rings (SSSR count). The number of ether oxygens (including phenoxy) is 1. The molecule has 0 bridgehead atoms. The maximum atomic E-state index is 6.20. The molecule has 2 N–H and O–H groups in total. The van der Waals surface area contributed by atoms with Gasteiger partial charge in [0.15, 0.2) is 5.82 Å². The highest BCUT2D eigenvalue weighted by atomic mass is 16.5. The van der Waals surface area contributed by atoms with Crippen LogP contribution in [-0.2, 0) is 11.2 Å². The molecule has 1 fully saturated rings. The standard InChI is InChI=1S/C15H27N3O2/c1-10-12(16)8-7-11(15(10,2)3)14-17-13(18-20-14)6-5-9-19-4/h10-12H,5-9,16H2,1-4H3. The van der Waals surface area contributed by atoms with Gasteiger partial charge in [-0.3, -0.25) is 0 Å². The Morgan fingerprint density at radius 2 is 2.15 bits per heavy atom. The summed E-state index contributed by atoms with van der Waals surface area (Å²) in [6, 6.07) is 0.269. The molecule has 20 heavy (non-hydrogen) atoms. The van der Waals surface area contributed by atoms with E-state index in [-0.39, 0.29) is 11.5 Å². The minimum Gasteiger partial charge on any atom is -0.385 e. The number of hydrogen-bond acceptors (Lipinski definition) is 5. The molecule has 0 saturated heterocycles. The predicted octanol–water partition coefficient (Wildman–Crippen LogP) is 2.52. The Balaban J connectivity index is 2.07. The number of nitrogens with zero attached hydrogens (tertiary/aromatic N) is 2. The van der Waals surface area contributed by atoms with Crippen LogP contribution < -0.4 is 5.73 Å². The van der Waals surface area contributed by atoms with E-state index in [9.17, 15) is 0 Å². The predicted molar refractivity (Wildman–Crippen MR) is 77.4 cm³/mol. The van der Waals surface area contributed by atoms with Crippen LogP contribution in [0.3, 0.4) is 0 Å². The number of rotatable bonds is 5. The molecule has 1 saturated carbocycles. The van der Waals surface area contributed by atoms with Gasteiger partial charge < -0.3 is 15.0 Å². The zero-order chi connectivity index (χ0) is 14.8. The van der Waals surface area contributed by atoms with Gasteiger partial charge in [-0.1, -0.05) is 25.9 Å². The molecule has 0 aliphatic heterocycles. The van der Waals surface area contributed by atoms with Gasteiger partial charge in [0.25, 0.3) is 0 Å². The van der Waals surface area contributed by atoms with Crippen LogP contribution in [0.2, 0.25) is 0 Å². The van der Waals surface area contributed by atoms with Crippen LogP contribution in [0.15, 0.2) is 4.52 Å². The van der Waals surface area contributed by atoms with Crippen LogP contribution >= 0.6 is 0 Å². The summed E-state index contributed by atoms with van der Waals surface area (Å²) in [4.78, 5) is 4.59. The molecular formula is C15H27N3O2. The van der Waals surface area contributed by atoms with Crippen molar-refractivity contribution in [2.24, 2.45) is 17.1 Å². The molecule has 0 aromatic carbocycles. The quantitative estimate of drug-likeness (QED) is 0.839. The van der Waals surface area contributed by atoms with Crippen LogP contribution in [0.1, 0.15) is 57.7 Å². The van der Waals surface area contributed by atoms with Crippen LogP contribution in [0.5, 0.6) is 0 Å². The van der Waals surface area contributed by atoms with E-state index in [1.165, 1.54) is 0 Å². The average molecular weight is 281 g/mol. The SMILES string of the molecule is COCCCc1noc(C2CCC(N)C(C)C2(C)C)n1. The van der Waals surface area contributed by atoms with Crippen molar-refractivity contribution in [1.82, 2.24) is 10.1 Å². The van der Waals surface area contributed by atoms with Crippen LogP contribution in [0.4, 0.5) is 0 Å². The Bertz CT molecular complexity index is 431. The Kier molecular flexibility index (Phi) is 4.81. The minimum atomic E-state index is 0.0913. The van der Waals surface area contributed by atoms with Crippen molar-refractivity contribution in [2.75, 3.05) is 13.7 Å². The second kappa shape index (κ2) is 6.22. The highest BCUT2D eigenvalue weighted by Gasteiger charge is 2.44. The van der Waals surface area contributed by atoms with Gasteiger partial charge in [0.2, 0.25) is 5.89 Å². The molecule has 5 heteroatoms. The smallest absolute Gasteiger partial charge is 0.230 e. The molecule has 1 aromatic heterocycles. The van der Waals surface area contributed by atoms with Crippen molar-refractivity contribution in [3.8, 4) is 0 Å². The molecule has 5 nitrogen and oxygen atoms in total. The van der Waals surface area contributed by atoms with E-state index >= 15 is 0 Å². The van der Waals surface area contributed by atoms with Crippen molar-refractivity contribution in [1.29, 1.82) is 0 Å². The van der Waals surface area contributed by atoms with E-state index in [2.05, 4.69) is 30.9 Å². The van der Waals surface area contributed by atoms with Crippen molar-refractivity contribution in [3.05, 3.63) is 11.7 Å². The monoisotopic (exact) mass is 281 g/mol. The second-order valence-electron chi connectivity index (χ2n) is 6.55. The van der Waals surface area contributed by atoms with Crippen molar-refractivity contribution < 1.29 is 9.26 Å². The number of aryl methyl sites for hydroxylation is 1. The largest absolute Gasteiger partial charge is 0.385 e. The lowest BCUT2D eigenvalue weighted by Gasteiger charge is -2.45. The van der Waals surface area contributed by atoms with Crippen molar-refractivity contribution >= 4 is 0 Å². The summed E-state index contributed by atoms with van der Waals surface area (Å²) < 4.78 is 10.6. The van der Waals surface area contributed by atoms with Gasteiger partial charge in [-0.15, -0.1) is 0 Å². The first kappa shape index (κ1) is 15.4. The topological polar surface area (TPSA) is 74.2 Å². The van der Waals surface area contributed by atoms with Gasteiger partial charge in [0.05, 0.1) is 0 Å². The highest BCUT2D eigenvalue weighted by molar-refractivity contribution is 5.06. The van der Waals surface area contributed by atoms with Gasteiger partial charge in [0, 0.05) is 32.1 Å². The third kappa shape index (κ3) is 3.04. The number of methoxy groups -OCH3 is 1.